The van der Waals surface area contributed by atoms with E-state index in [1.54, 1.807) is 4.90 Å². The van der Waals surface area contributed by atoms with Crippen molar-refractivity contribution in [3.8, 4) is 11.5 Å². The monoisotopic (exact) mass is 524 g/mol. The van der Waals surface area contributed by atoms with E-state index in [4.69, 9.17) is 19.3 Å². The minimum absolute atomic E-state index is 0.0429. The molecule has 0 saturated carbocycles. The first-order valence-corrected chi connectivity index (χ1v) is 13.2. The lowest BCUT2D eigenvalue weighted by Gasteiger charge is -2.31. The molecule has 3 aliphatic rings. The SMILES string of the molecule is CC(C)NC(=O)N(CCN1CCOCC1)CC(=O)N1N=C(c2cccn2C)CC1c1ccc2c(c1)OCO2. The molecule has 1 N–H and O–H groups in total. The van der Waals surface area contributed by atoms with E-state index in [2.05, 4.69) is 10.2 Å². The number of aryl methyl sites for hydroxylation is 1. The minimum Gasteiger partial charge on any atom is -0.454 e. The van der Waals surface area contributed by atoms with E-state index >= 15 is 0 Å². The number of carbonyl (C=O) groups is 2. The minimum atomic E-state index is -0.323. The van der Waals surface area contributed by atoms with E-state index < -0.39 is 0 Å². The highest BCUT2D eigenvalue weighted by molar-refractivity contribution is 6.02. The van der Waals surface area contributed by atoms with Crippen molar-refractivity contribution in [1.82, 2.24) is 24.7 Å². The molecule has 1 aromatic heterocycles. The Kier molecular flexibility index (Phi) is 7.85. The summed E-state index contributed by atoms with van der Waals surface area (Å²) < 4.78 is 18.5. The summed E-state index contributed by atoms with van der Waals surface area (Å²) in [5.74, 6) is 1.11. The number of morpholine rings is 1. The van der Waals surface area contributed by atoms with Crippen molar-refractivity contribution in [2.75, 3.05) is 52.7 Å². The first-order chi connectivity index (χ1) is 18.4. The van der Waals surface area contributed by atoms with Crippen LogP contribution in [0.15, 0.2) is 41.6 Å². The van der Waals surface area contributed by atoms with Gasteiger partial charge in [0.05, 0.1) is 30.7 Å². The molecule has 11 heteroatoms. The standard InChI is InChI=1S/C27H36N6O5/c1-19(2)28-27(35)32(10-9-31-11-13-36-14-12-31)17-26(34)33-23(16-21(29-33)22-5-4-8-30(22)3)20-6-7-24-25(15-20)38-18-37-24/h4-8,15,19,23H,9-14,16-18H2,1-3H3,(H,28,35). The second kappa shape index (κ2) is 11.4. The number of rotatable bonds is 8. The van der Waals surface area contributed by atoms with Gasteiger partial charge in [-0.25, -0.2) is 9.80 Å². The predicted molar refractivity (Wildman–Crippen MR) is 141 cm³/mol. The van der Waals surface area contributed by atoms with E-state index in [1.807, 2.05) is 62.0 Å². The van der Waals surface area contributed by atoms with Crippen LogP contribution in [0.4, 0.5) is 4.79 Å². The van der Waals surface area contributed by atoms with Crippen molar-refractivity contribution in [1.29, 1.82) is 0 Å². The van der Waals surface area contributed by atoms with E-state index in [0.717, 1.165) is 30.1 Å². The number of nitrogens with zero attached hydrogens (tertiary/aromatic N) is 5. The van der Waals surface area contributed by atoms with Crippen LogP contribution >= 0.6 is 0 Å². The number of urea groups is 1. The molecule has 11 nitrogen and oxygen atoms in total. The fourth-order valence-electron chi connectivity index (χ4n) is 4.95. The van der Waals surface area contributed by atoms with Crippen molar-refractivity contribution in [2.45, 2.75) is 32.4 Å². The Balaban J connectivity index is 1.38. The van der Waals surface area contributed by atoms with E-state index in [0.29, 0.717) is 44.2 Å². The smallest absolute Gasteiger partial charge is 0.318 e. The summed E-state index contributed by atoms with van der Waals surface area (Å²) in [6.07, 6.45) is 2.51. The summed E-state index contributed by atoms with van der Waals surface area (Å²) in [6.45, 7) is 8.02. The van der Waals surface area contributed by atoms with E-state index in [9.17, 15) is 9.59 Å². The Labute approximate surface area is 222 Å². The van der Waals surface area contributed by atoms with Crippen LogP contribution in [-0.2, 0) is 16.6 Å². The second-order valence-corrected chi connectivity index (χ2v) is 10.1. The van der Waals surface area contributed by atoms with Crippen LogP contribution in [0.5, 0.6) is 11.5 Å². The number of hydrazone groups is 1. The van der Waals surface area contributed by atoms with Crippen LogP contribution in [0.1, 0.15) is 37.6 Å². The van der Waals surface area contributed by atoms with Crippen LogP contribution < -0.4 is 14.8 Å². The average Bonchev–Trinajstić information content (AvgIpc) is 3.65. The molecule has 38 heavy (non-hydrogen) atoms. The van der Waals surface area contributed by atoms with Gasteiger partial charge in [-0.3, -0.25) is 9.69 Å². The maximum absolute atomic E-state index is 13.8. The third kappa shape index (κ3) is 5.78. The largest absolute Gasteiger partial charge is 0.454 e. The van der Waals surface area contributed by atoms with Gasteiger partial charge in [0.2, 0.25) is 6.79 Å². The van der Waals surface area contributed by atoms with Crippen molar-refractivity contribution >= 4 is 17.6 Å². The lowest BCUT2D eigenvalue weighted by Crippen LogP contribution is -2.50. The second-order valence-electron chi connectivity index (χ2n) is 10.1. The summed E-state index contributed by atoms with van der Waals surface area (Å²) in [6, 6.07) is 9.06. The highest BCUT2D eigenvalue weighted by Crippen LogP contribution is 2.39. The summed E-state index contributed by atoms with van der Waals surface area (Å²) in [5.41, 5.74) is 2.68. The Hall–Kier alpha value is -3.57. The van der Waals surface area contributed by atoms with Crippen LogP contribution in [0.3, 0.4) is 0 Å². The Morgan fingerprint density at radius 1 is 1.16 bits per heavy atom. The van der Waals surface area contributed by atoms with Gasteiger partial charge < -0.3 is 29.0 Å². The first kappa shape index (κ1) is 26.1. The zero-order valence-electron chi connectivity index (χ0n) is 22.3. The maximum atomic E-state index is 13.8. The Morgan fingerprint density at radius 2 is 1.95 bits per heavy atom. The van der Waals surface area contributed by atoms with E-state index in [-0.39, 0.29) is 37.4 Å². The molecule has 204 valence electrons. The topological polar surface area (TPSA) is 101 Å². The first-order valence-electron chi connectivity index (χ1n) is 13.2. The Morgan fingerprint density at radius 3 is 2.68 bits per heavy atom. The zero-order chi connectivity index (χ0) is 26.6. The van der Waals surface area contributed by atoms with Crippen LogP contribution in [0.2, 0.25) is 0 Å². The lowest BCUT2D eigenvalue weighted by atomic mass is 10.00. The number of benzene rings is 1. The van der Waals surface area contributed by atoms with Gasteiger partial charge in [0.15, 0.2) is 11.5 Å². The van der Waals surface area contributed by atoms with Crippen LogP contribution in [0.25, 0.3) is 0 Å². The van der Waals surface area contributed by atoms with Gasteiger partial charge in [-0.1, -0.05) is 6.07 Å². The predicted octanol–water partition coefficient (Wildman–Crippen LogP) is 2.18. The van der Waals surface area contributed by atoms with Gasteiger partial charge in [-0.05, 0) is 43.7 Å². The fourth-order valence-corrected chi connectivity index (χ4v) is 4.95. The molecule has 0 aliphatic carbocycles. The lowest BCUT2D eigenvalue weighted by molar-refractivity contribution is -0.133. The molecule has 1 atom stereocenters. The highest BCUT2D eigenvalue weighted by Gasteiger charge is 2.36. The quantitative estimate of drug-likeness (QED) is 0.568. The third-order valence-corrected chi connectivity index (χ3v) is 7.00. The molecule has 2 aromatic rings. The van der Waals surface area contributed by atoms with Crippen LogP contribution in [0, 0.1) is 0 Å². The number of hydrogen-bond donors (Lipinski definition) is 1. The van der Waals surface area contributed by atoms with Crippen molar-refractivity contribution < 1.29 is 23.8 Å². The number of hydrogen-bond acceptors (Lipinski definition) is 7. The van der Waals surface area contributed by atoms with Crippen LogP contribution in [-0.4, -0.2) is 95.8 Å². The average molecular weight is 525 g/mol. The summed E-state index contributed by atoms with van der Waals surface area (Å²) in [5, 5.41) is 9.26. The van der Waals surface area contributed by atoms with Gasteiger partial charge in [-0.15, -0.1) is 0 Å². The highest BCUT2D eigenvalue weighted by atomic mass is 16.7. The molecule has 1 fully saturated rings. The van der Waals surface area contributed by atoms with Crippen molar-refractivity contribution in [3.63, 3.8) is 0 Å². The van der Waals surface area contributed by atoms with E-state index in [1.165, 1.54) is 5.01 Å². The maximum Gasteiger partial charge on any atom is 0.318 e. The van der Waals surface area contributed by atoms with Crippen molar-refractivity contribution in [3.05, 3.63) is 47.8 Å². The number of fused-ring (bicyclic) bond motifs is 1. The fraction of sp³-hybridized carbons (Fsp3) is 0.519. The molecule has 3 amide bonds. The normalized spacial score (nSPS) is 19.1. The molecule has 0 radical (unpaired) electrons. The molecule has 0 bridgehead atoms. The molecule has 1 aromatic carbocycles. The van der Waals surface area contributed by atoms with Gasteiger partial charge in [0, 0.05) is 51.9 Å². The molecule has 1 saturated heterocycles. The summed E-state index contributed by atoms with van der Waals surface area (Å²) in [4.78, 5) is 30.7. The number of amides is 3. The van der Waals surface area contributed by atoms with Gasteiger partial charge in [0.25, 0.3) is 5.91 Å². The third-order valence-electron chi connectivity index (χ3n) is 7.00. The van der Waals surface area contributed by atoms with Crippen molar-refractivity contribution in [2.24, 2.45) is 12.1 Å². The molecular formula is C27H36N6O5. The Bertz CT molecular complexity index is 1190. The number of carbonyl (C=O) groups excluding carboxylic acids is 2. The molecule has 5 rings (SSSR count). The molecule has 0 spiro atoms. The van der Waals surface area contributed by atoms with Gasteiger partial charge >= 0.3 is 6.03 Å². The summed E-state index contributed by atoms with van der Waals surface area (Å²) >= 11 is 0. The molecule has 4 heterocycles. The summed E-state index contributed by atoms with van der Waals surface area (Å²) in [7, 11) is 1.96. The number of aromatic nitrogens is 1. The number of ether oxygens (including phenoxy) is 3. The molecular weight excluding hydrogens is 488 g/mol. The molecule has 1 unspecified atom stereocenters. The molecule has 3 aliphatic heterocycles. The van der Waals surface area contributed by atoms with Gasteiger partial charge in [0.1, 0.15) is 6.54 Å². The number of nitrogens with one attached hydrogen (secondary N) is 1. The van der Waals surface area contributed by atoms with Gasteiger partial charge in [-0.2, -0.15) is 5.10 Å². The zero-order valence-corrected chi connectivity index (χ0v) is 22.3.